The molecule has 3 aromatic rings. The second-order valence-electron chi connectivity index (χ2n) is 7.28. The zero-order chi connectivity index (χ0) is 25.5. The van der Waals surface area contributed by atoms with E-state index in [1.54, 1.807) is 48.7 Å². The van der Waals surface area contributed by atoms with Crippen molar-refractivity contribution in [2.24, 2.45) is 0 Å². The molecule has 0 saturated heterocycles. The van der Waals surface area contributed by atoms with Crippen LogP contribution in [0.2, 0.25) is 0 Å². The van der Waals surface area contributed by atoms with Gasteiger partial charge in [-0.1, -0.05) is 24.3 Å². The largest absolute Gasteiger partial charge is 0.451 e. The van der Waals surface area contributed by atoms with Crippen LogP contribution in [0.25, 0.3) is 11.8 Å². The zero-order valence-corrected chi connectivity index (χ0v) is 18.7. The number of carbonyl (C=O) groups excluding carboxylic acids is 2. The molecule has 1 aromatic heterocycles. The van der Waals surface area contributed by atoms with Gasteiger partial charge in [-0.05, 0) is 55.8 Å². The van der Waals surface area contributed by atoms with Crippen LogP contribution in [0.4, 0.5) is 18.9 Å². The first-order chi connectivity index (χ1) is 16.7. The third-order valence-corrected chi connectivity index (χ3v) is 4.92. The van der Waals surface area contributed by atoms with E-state index >= 15 is 0 Å². The van der Waals surface area contributed by atoms with Crippen molar-refractivity contribution < 1.29 is 32.2 Å². The summed E-state index contributed by atoms with van der Waals surface area (Å²) < 4.78 is 50.2. The van der Waals surface area contributed by atoms with Gasteiger partial charge in [-0.25, -0.2) is 9.18 Å². The monoisotopic (exact) mass is 483 g/mol. The molecule has 0 radical (unpaired) electrons. The van der Waals surface area contributed by atoms with Gasteiger partial charge < -0.3 is 19.4 Å². The van der Waals surface area contributed by atoms with Crippen LogP contribution in [0.5, 0.6) is 5.75 Å². The van der Waals surface area contributed by atoms with E-state index in [0.29, 0.717) is 22.6 Å². The summed E-state index contributed by atoms with van der Waals surface area (Å²) in [6, 6.07) is 15.1. The minimum atomic E-state index is -3.09. The Labute approximate surface area is 199 Å². The van der Waals surface area contributed by atoms with E-state index in [2.05, 4.69) is 10.1 Å². The van der Waals surface area contributed by atoms with Crippen LogP contribution in [-0.2, 0) is 14.3 Å². The van der Waals surface area contributed by atoms with Crippen molar-refractivity contribution in [3.63, 3.8) is 0 Å². The van der Waals surface area contributed by atoms with Gasteiger partial charge in [0.05, 0.1) is 11.4 Å². The third kappa shape index (κ3) is 6.09. The second-order valence-corrected chi connectivity index (χ2v) is 7.28. The van der Waals surface area contributed by atoms with E-state index < -0.39 is 30.9 Å². The van der Waals surface area contributed by atoms with Gasteiger partial charge in [-0.2, -0.15) is 14.0 Å². The molecule has 1 amide bonds. The first-order valence-electron chi connectivity index (χ1n) is 10.3. The van der Waals surface area contributed by atoms with E-state index in [0.717, 1.165) is 0 Å². The summed E-state index contributed by atoms with van der Waals surface area (Å²) in [4.78, 5) is 24.5. The van der Waals surface area contributed by atoms with E-state index in [4.69, 9.17) is 4.74 Å². The van der Waals surface area contributed by atoms with Crippen molar-refractivity contribution in [1.29, 1.82) is 5.26 Å². The molecule has 7 nitrogen and oxygen atoms in total. The van der Waals surface area contributed by atoms with Crippen molar-refractivity contribution in [2.45, 2.75) is 20.5 Å². The summed E-state index contributed by atoms with van der Waals surface area (Å²) in [5.41, 5.74) is 1.64. The number of rotatable bonds is 8. The molecular weight excluding hydrogens is 463 g/mol. The summed E-state index contributed by atoms with van der Waals surface area (Å²) in [5, 5.41) is 11.7. The van der Waals surface area contributed by atoms with Gasteiger partial charge in [0, 0.05) is 11.4 Å². The number of aromatic nitrogens is 1. The Kier molecular flexibility index (Phi) is 7.94. The van der Waals surface area contributed by atoms with Crippen LogP contribution in [-0.4, -0.2) is 29.7 Å². The van der Waals surface area contributed by atoms with E-state index in [-0.39, 0.29) is 17.0 Å². The van der Waals surface area contributed by atoms with Crippen molar-refractivity contribution in [3.8, 4) is 17.5 Å². The first kappa shape index (κ1) is 25.1. The number of para-hydroxylation sites is 3. The number of aryl methyl sites for hydroxylation is 1. The van der Waals surface area contributed by atoms with Crippen molar-refractivity contribution in [1.82, 2.24) is 4.57 Å². The number of nitrogens with zero attached hydrogens (tertiary/aromatic N) is 2. The van der Waals surface area contributed by atoms with Gasteiger partial charge in [0.25, 0.3) is 5.91 Å². The minimum Gasteiger partial charge on any atom is -0.451 e. The number of nitrogens with one attached hydrogen (secondary N) is 1. The number of anilines is 1. The first-order valence-corrected chi connectivity index (χ1v) is 10.3. The molecule has 3 rings (SSSR count). The maximum Gasteiger partial charge on any atom is 0.387 e. The molecule has 10 heteroatoms. The van der Waals surface area contributed by atoms with Crippen LogP contribution in [0.3, 0.4) is 0 Å². The van der Waals surface area contributed by atoms with Crippen molar-refractivity contribution >= 4 is 23.6 Å². The fraction of sp³-hybridized carbons (Fsp3) is 0.160. The Bertz CT molecular complexity index is 1330. The number of ether oxygens (including phenoxy) is 2. The van der Waals surface area contributed by atoms with Crippen molar-refractivity contribution in [3.05, 3.63) is 82.9 Å². The Hall–Kier alpha value is -4.52. The number of alkyl halides is 2. The molecule has 1 N–H and O–H groups in total. The number of nitriles is 1. The fourth-order valence-electron chi connectivity index (χ4n) is 3.39. The molecule has 2 aromatic carbocycles. The highest BCUT2D eigenvalue weighted by Crippen LogP contribution is 2.26. The number of carbonyl (C=O) groups is 2. The molecule has 0 aliphatic heterocycles. The van der Waals surface area contributed by atoms with Gasteiger partial charge >= 0.3 is 12.6 Å². The molecule has 0 saturated carbocycles. The Morgan fingerprint density at radius 2 is 1.83 bits per heavy atom. The number of hydrogen-bond donors (Lipinski definition) is 1. The quantitative estimate of drug-likeness (QED) is 0.279. The normalized spacial score (nSPS) is 11.2. The summed E-state index contributed by atoms with van der Waals surface area (Å²) in [6.45, 7) is -0.400. The molecule has 0 aliphatic rings. The predicted octanol–water partition coefficient (Wildman–Crippen LogP) is 4.92. The molecule has 1 heterocycles. The van der Waals surface area contributed by atoms with Crippen molar-refractivity contribution in [2.75, 3.05) is 11.9 Å². The van der Waals surface area contributed by atoms with Crippen LogP contribution in [0.1, 0.15) is 17.0 Å². The smallest absolute Gasteiger partial charge is 0.387 e. The molecule has 180 valence electrons. The lowest BCUT2D eigenvalue weighted by atomic mass is 10.1. The van der Waals surface area contributed by atoms with Crippen LogP contribution >= 0.6 is 0 Å². The lowest BCUT2D eigenvalue weighted by Crippen LogP contribution is -2.22. The van der Waals surface area contributed by atoms with Gasteiger partial charge in [-0.15, -0.1) is 0 Å². The number of esters is 1. The Morgan fingerprint density at radius 3 is 2.51 bits per heavy atom. The lowest BCUT2D eigenvalue weighted by Gasteiger charge is -2.11. The number of benzene rings is 2. The summed E-state index contributed by atoms with van der Waals surface area (Å²) in [7, 11) is 0. The molecule has 0 atom stereocenters. The van der Waals surface area contributed by atoms with Gasteiger partial charge in [0.1, 0.15) is 23.2 Å². The predicted molar refractivity (Wildman–Crippen MR) is 121 cm³/mol. The number of hydrogen-bond acceptors (Lipinski definition) is 5. The average Bonchev–Trinajstić information content (AvgIpc) is 3.09. The van der Waals surface area contributed by atoms with Crippen LogP contribution < -0.4 is 10.1 Å². The second kappa shape index (κ2) is 11.1. The number of amides is 1. The summed E-state index contributed by atoms with van der Waals surface area (Å²) in [5.74, 6) is -2.57. The molecule has 0 unspecified atom stereocenters. The highest BCUT2D eigenvalue weighted by molar-refractivity contribution is 6.00. The van der Waals surface area contributed by atoms with Crippen LogP contribution in [0, 0.1) is 31.0 Å². The SMILES string of the molecule is Cc1cc(C=C(C#N)C(=O)OCC(=O)Nc2ccccc2OC(F)F)c(C)n1-c1ccccc1F. The highest BCUT2D eigenvalue weighted by Gasteiger charge is 2.18. The third-order valence-electron chi connectivity index (χ3n) is 4.92. The molecular formula is C25H20F3N3O4. The molecule has 0 aliphatic carbocycles. The average molecular weight is 483 g/mol. The Balaban J connectivity index is 1.72. The lowest BCUT2D eigenvalue weighted by molar-refractivity contribution is -0.142. The summed E-state index contributed by atoms with van der Waals surface area (Å²) >= 11 is 0. The van der Waals surface area contributed by atoms with Gasteiger partial charge in [0.2, 0.25) is 0 Å². The van der Waals surface area contributed by atoms with E-state index in [1.807, 2.05) is 0 Å². The number of halogens is 3. The van der Waals surface area contributed by atoms with E-state index in [9.17, 15) is 28.0 Å². The standard InChI is InChI=1S/C25H20F3N3O4/c1-15-11-17(16(2)31(15)21-9-5-3-7-19(21)26)12-18(13-29)24(33)34-14-23(32)30-20-8-4-6-10-22(20)35-25(27)28/h3-12,25H,14H2,1-2H3,(H,30,32). The maximum absolute atomic E-state index is 14.3. The van der Waals surface area contributed by atoms with E-state index in [1.165, 1.54) is 36.4 Å². The van der Waals surface area contributed by atoms with Gasteiger partial charge in [0.15, 0.2) is 6.61 Å². The maximum atomic E-state index is 14.3. The Morgan fingerprint density at radius 1 is 1.14 bits per heavy atom. The molecule has 0 bridgehead atoms. The minimum absolute atomic E-state index is 0.0366. The molecule has 0 fully saturated rings. The van der Waals surface area contributed by atoms with Gasteiger partial charge in [-0.3, -0.25) is 4.79 Å². The zero-order valence-electron chi connectivity index (χ0n) is 18.7. The molecule has 35 heavy (non-hydrogen) atoms. The topological polar surface area (TPSA) is 93.3 Å². The fourth-order valence-corrected chi connectivity index (χ4v) is 3.39. The molecule has 0 spiro atoms. The van der Waals surface area contributed by atoms with Crippen LogP contribution in [0.15, 0.2) is 60.2 Å². The highest BCUT2D eigenvalue weighted by atomic mass is 19.3. The summed E-state index contributed by atoms with van der Waals surface area (Å²) in [6.07, 6.45) is 1.28.